The van der Waals surface area contributed by atoms with Crippen LogP contribution >= 0.6 is 15.9 Å². The maximum absolute atomic E-state index is 3.59. The van der Waals surface area contributed by atoms with Crippen LogP contribution < -0.4 is 5.32 Å². The molecule has 1 aromatic rings. The molecular formula is C16H24BrN. The maximum atomic E-state index is 3.59. The first kappa shape index (κ1) is 15.5. The van der Waals surface area contributed by atoms with Crippen molar-refractivity contribution in [2.75, 3.05) is 6.54 Å². The first-order chi connectivity index (χ1) is 8.40. The van der Waals surface area contributed by atoms with E-state index in [0.29, 0.717) is 12.0 Å². The van der Waals surface area contributed by atoms with E-state index in [4.69, 9.17) is 0 Å². The van der Waals surface area contributed by atoms with Crippen molar-refractivity contribution in [3.63, 3.8) is 0 Å². The monoisotopic (exact) mass is 309 g/mol. The van der Waals surface area contributed by atoms with E-state index in [1.165, 1.54) is 21.2 Å². The van der Waals surface area contributed by atoms with Crippen LogP contribution in [0.1, 0.15) is 38.8 Å². The third-order valence-corrected chi connectivity index (χ3v) is 3.86. The van der Waals surface area contributed by atoms with Gasteiger partial charge in [-0.3, -0.25) is 0 Å². The summed E-state index contributed by atoms with van der Waals surface area (Å²) in [5.41, 5.74) is 3.99. The van der Waals surface area contributed by atoms with Gasteiger partial charge in [-0.25, -0.2) is 0 Å². The Kier molecular flexibility index (Phi) is 6.10. The van der Waals surface area contributed by atoms with Crippen LogP contribution in [-0.4, -0.2) is 12.6 Å². The van der Waals surface area contributed by atoms with Crippen molar-refractivity contribution in [1.29, 1.82) is 0 Å². The number of aryl methyl sites for hydroxylation is 1. The van der Waals surface area contributed by atoms with Crippen molar-refractivity contribution in [3.8, 4) is 0 Å². The van der Waals surface area contributed by atoms with Crippen LogP contribution in [0.4, 0.5) is 0 Å². The fraction of sp³-hybridized carbons (Fsp3) is 0.500. The van der Waals surface area contributed by atoms with Crippen LogP contribution in [0, 0.1) is 12.8 Å². The van der Waals surface area contributed by atoms with Gasteiger partial charge in [0.15, 0.2) is 0 Å². The number of hydrogen-bond acceptors (Lipinski definition) is 1. The second-order valence-corrected chi connectivity index (χ2v) is 6.27. The highest BCUT2D eigenvalue weighted by Crippen LogP contribution is 2.21. The molecule has 18 heavy (non-hydrogen) atoms. The number of rotatable bonds is 5. The first-order valence-corrected chi connectivity index (χ1v) is 7.39. The minimum Gasteiger partial charge on any atom is -0.311 e. The Morgan fingerprint density at radius 1 is 1.28 bits per heavy atom. The maximum Gasteiger partial charge on any atom is 0.0210 e. The predicted molar refractivity (Wildman–Crippen MR) is 84.8 cm³/mol. The first-order valence-electron chi connectivity index (χ1n) is 6.60. The molecule has 0 radical (unpaired) electrons. The summed E-state index contributed by atoms with van der Waals surface area (Å²) in [6.45, 7) is 11.9. The molecule has 0 amide bonds. The minimum atomic E-state index is 0.525. The molecule has 0 heterocycles. The van der Waals surface area contributed by atoms with E-state index in [1.807, 2.05) is 0 Å². The second-order valence-electron chi connectivity index (χ2n) is 5.42. The Labute approximate surface area is 120 Å². The third-order valence-electron chi connectivity index (χ3n) is 3.00. The van der Waals surface area contributed by atoms with Crippen molar-refractivity contribution in [1.82, 2.24) is 5.32 Å². The Morgan fingerprint density at radius 2 is 1.94 bits per heavy atom. The van der Waals surface area contributed by atoms with Crippen LogP contribution in [0.15, 0.2) is 28.2 Å². The Balaban J connectivity index is 2.89. The number of hydrogen-bond donors (Lipinski definition) is 1. The van der Waals surface area contributed by atoms with Crippen LogP contribution in [0.5, 0.6) is 0 Å². The SMILES string of the molecule is Cc1ccc(/C=C(/CNC(C)C)C(C)C)cc1Br. The molecule has 2 heteroatoms. The summed E-state index contributed by atoms with van der Waals surface area (Å²) in [4.78, 5) is 0. The molecule has 1 nitrogen and oxygen atoms in total. The van der Waals surface area contributed by atoms with Gasteiger partial charge in [-0.1, -0.05) is 67.4 Å². The highest BCUT2D eigenvalue weighted by atomic mass is 79.9. The molecule has 0 aliphatic heterocycles. The Bertz CT molecular complexity index is 419. The lowest BCUT2D eigenvalue weighted by Crippen LogP contribution is -2.26. The van der Waals surface area contributed by atoms with Crippen molar-refractivity contribution in [2.24, 2.45) is 5.92 Å². The van der Waals surface area contributed by atoms with Gasteiger partial charge in [-0.15, -0.1) is 0 Å². The van der Waals surface area contributed by atoms with Crippen LogP contribution in [0.3, 0.4) is 0 Å². The van der Waals surface area contributed by atoms with Gasteiger partial charge < -0.3 is 5.32 Å². The van der Waals surface area contributed by atoms with E-state index in [0.717, 1.165) is 6.54 Å². The summed E-state index contributed by atoms with van der Waals surface area (Å²) in [7, 11) is 0. The van der Waals surface area contributed by atoms with Crippen molar-refractivity contribution in [3.05, 3.63) is 39.4 Å². The molecule has 0 spiro atoms. The lowest BCUT2D eigenvalue weighted by molar-refractivity contribution is 0.593. The summed E-state index contributed by atoms with van der Waals surface area (Å²) in [5, 5.41) is 3.49. The number of benzene rings is 1. The Hall–Kier alpha value is -0.600. The summed E-state index contributed by atoms with van der Waals surface area (Å²) in [5.74, 6) is 0.566. The standard InChI is InChI=1S/C16H24BrN/c1-11(2)15(10-18-12(3)4)8-14-7-6-13(5)16(17)9-14/h6-9,11-12,18H,10H2,1-5H3/b15-8-. The van der Waals surface area contributed by atoms with Gasteiger partial charge >= 0.3 is 0 Å². The molecule has 0 aliphatic rings. The van der Waals surface area contributed by atoms with Gasteiger partial charge in [0.2, 0.25) is 0 Å². The molecule has 0 fully saturated rings. The average molecular weight is 310 g/mol. The quantitative estimate of drug-likeness (QED) is 0.824. The van der Waals surface area contributed by atoms with Gasteiger partial charge in [-0.05, 0) is 30.0 Å². The van der Waals surface area contributed by atoms with E-state index in [9.17, 15) is 0 Å². The van der Waals surface area contributed by atoms with Gasteiger partial charge in [0.25, 0.3) is 0 Å². The van der Waals surface area contributed by atoms with E-state index < -0.39 is 0 Å². The van der Waals surface area contributed by atoms with E-state index in [-0.39, 0.29) is 0 Å². The summed E-state index contributed by atoms with van der Waals surface area (Å²) >= 11 is 3.59. The van der Waals surface area contributed by atoms with Crippen LogP contribution in [0.2, 0.25) is 0 Å². The normalized spacial score (nSPS) is 12.6. The molecule has 100 valence electrons. The lowest BCUT2D eigenvalue weighted by Gasteiger charge is -2.15. The van der Waals surface area contributed by atoms with Crippen LogP contribution in [0.25, 0.3) is 6.08 Å². The topological polar surface area (TPSA) is 12.0 Å². The van der Waals surface area contributed by atoms with E-state index in [1.54, 1.807) is 0 Å². The molecule has 0 aliphatic carbocycles. The molecule has 1 aromatic carbocycles. The number of nitrogens with one attached hydrogen (secondary N) is 1. The Morgan fingerprint density at radius 3 is 2.44 bits per heavy atom. The molecule has 0 aromatic heterocycles. The minimum absolute atomic E-state index is 0.525. The molecular weight excluding hydrogens is 286 g/mol. The molecule has 1 N–H and O–H groups in total. The highest BCUT2D eigenvalue weighted by molar-refractivity contribution is 9.10. The van der Waals surface area contributed by atoms with Crippen molar-refractivity contribution < 1.29 is 0 Å². The van der Waals surface area contributed by atoms with Gasteiger partial charge in [0, 0.05) is 17.1 Å². The molecule has 0 saturated heterocycles. The average Bonchev–Trinajstić information content (AvgIpc) is 2.28. The summed E-state index contributed by atoms with van der Waals surface area (Å²) < 4.78 is 1.18. The molecule has 0 unspecified atom stereocenters. The zero-order valence-corrected chi connectivity index (χ0v) is 13.6. The summed E-state index contributed by atoms with van der Waals surface area (Å²) in [6, 6.07) is 7.05. The van der Waals surface area contributed by atoms with Crippen molar-refractivity contribution in [2.45, 2.75) is 40.7 Å². The summed E-state index contributed by atoms with van der Waals surface area (Å²) in [6.07, 6.45) is 2.30. The van der Waals surface area contributed by atoms with Gasteiger partial charge in [0.05, 0.1) is 0 Å². The zero-order chi connectivity index (χ0) is 13.7. The molecule has 0 saturated carbocycles. The molecule has 1 rings (SSSR count). The lowest BCUT2D eigenvalue weighted by atomic mass is 9.99. The third kappa shape index (κ3) is 4.95. The molecule has 0 bridgehead atoms. The van der Waals surface area contributed by atoms with Crippen LogP contribution in [-0.2, 0) is 0 Å². The second kappa shape index (κ2) is 7.10. The fourth-order valence-corrected chi connectivity index (χ4v) is 2.05. The fourth-order valence-electron chi connectivity index (χ4n) is 1.66. The predicted octanol–water partition coefficient (Wildman–Crippen LogP) is 4.79. The van der Waals surface area contributed by atoms with E-state index >= 15 is 0 Å². The number of halogens is 1. The van der Waals surface area contributed by atoms with E-state index in [2.05, 4.69) is 80.1 Å². The molecule has 0 atom stereocenters. The zero-order valence-electron chi connectivity index (χ0n) is 12.0. The largest absolute Gasteiger partial charge is 0.311 e. The smallest absolute Gasteiger partial charge is 0.0210 e. The van der Waals surface area contributed by atoms with Gasteiger partial charge in [0.1, 0.15) is 0 Å². The highest BCUT2D eigenvalue weighted by Gasteiger charge is 2.05. The van der Waals surface area contributed by atoms with Gasteiger partial charge in [-0.2, -0.15) is 0 Å². The van der Waals surface area contributed by atoms with Crippen molar-refractivity contribution >= 4 is 22.0 Å².